The van der Waals surface area contributed by atoms with Gasteiger partial charge in [-0.3, -0.25) is 4.79 Å². The largest absolute Gasteiger partial charge is 0.481 e. The summed E-state index contributed by atoms with van der Waals surface area (Å²) in [6.45, 7) is 2.39. The molecule has 3 unspecified atom stereocenters. The smallest absolute Gasteiger partial charge is 0.317 e. The highest BCUT2D eigenvalue weighted by molar-refractivity contribution is 5.75. The standard InChI is InChI=1S/C14H24N2O5/c1-14(20,8-12(17)18)9-15-13(19)16-6-7-21-11-5-3-2-4-10(11)16/h10-11,20H,2-9H2,1H3,(H,15,19)(H,17,18). The first kappa shape index (κ1) is 16.0. The van der Waals surface area contributed by atoms with Gasteiger partial charge in [-0.05, 0) is 19.8 Å². The van der Waals surface area contributed by atoms with E-state index < -0.39 is 18.0 Å². The fraction of sp³-hybridized carbons (Fsp3) is 0.857. The highest BCUT2D eigenvalue weighted by Crippen LogP contribution is 2.28. The third-order valence-corrected chi connectivity index (χ3v) is 4.15. The second kappa shape index (κ2) is 6.62. The molecule has 0 bridgehead atoms. The zero-order valence-electron chi connectivity index (χ0n) is 12.4. The molecule has 1 heterocycles. The summed E-state index contributed by atoms with van der Waals surface area (Å²) in [7, 11) is 0. The highest BCUT2D eigenvalue weighted by Gasteiger charge is 2.37. The number of nitrogens with zero attached hydrogens (tertiary/aromatic N) is 1. The molecule has 2 rings (SSSR count). The lowest BCUT2D eigenvalue weighted by Gasteiger charge is -2.43. The summed E-state index contributed by atoms with van der Waals surface area (Å²) in [5.41, 5.74) is -1.44. The Morgan fingerprint density at radius 1 is 1.38 bits per heavy atom. The number of carboxylic acid groups (broad SMARTS) is 1. The van der Waals surface area contributed by atoms with Gasteiger partial charge in [0, 0.05) is 13.1 Å². The van der Waals surface area contributed by atoms with Crippen LogP contribution < -0.4 is 5.32 Å². The number of aliphatic carboxylic acids is 1. The van der Waals surface area contributed by atoms with Gasteiger partial charge in [0.15, 0.2) is 0 Å². The van der Waals surface area contributed by atoms with Crippen LogP contribution in [0.4, 0.5) is 4.79 Å². The number of rotatable bonds is 4. The van der Waals surface area contributed by atoms with Crippen molar-refractivity contribution in [2.24, 2.45) is 0 Å². The maximum atomic E-state index is 12.3. The molecule has 3 N–H and O–H groups in total. The van der Waals surface area contributed by atoms with Gasteiger partial charge in [0.2, 0.25) is 0 Å². The van der Waals surface area contributed by atoms with Crippen LogP contribution >= 0.6 is 0 Å². The normalized spacial score (nSPS) is 28.4. The minimum Gasteiger partial charge on any atom is -0.481 e. The molecule has 2 fully saturated rings. The van der Waals surface area contributed by atoms with E-state index in [4.69, 9.17) is 9.84 Å². The molecule has 0 radical (unpaired) electrons. The SMILES string of the molecule is CC(O)(CNC(=O)N1CCOC2CCCCC21)CC(=O)O. The van der Waals surface area contributed by atoms with Crippen LogP contribution in [0.25, 0.3) is 0 Å². The molecule has 0 spiro atoms. The molecule has 1 saturated heterocycles. The fourth-order valence-corrected chi connectivity index (χ4v) is 3.10. The average molecular weight is 300 g/mol. The second-order valence-corrected chi connectivity index (χ2v) is 6.18. The maximum Gasteiger partial charge on any atom is 0.317 e. The van der Waals surface area contributed by atoms with E-state index in [9.17, 15) is 14.7 Å². The zero-order chi connectivity index (χ0) is 15.5. The minimum atomic E-state index is -1.44. The first-order valence-corrected chi connectivity index (χ1v) is 7.49. The van der Waals surface area contributed by atoms with Crippen LogP contribution in [0.5, 0.6) is 0 Å². The van der Waals surface area contributed by atoms with Crippen LogP contribution in [0.15, 0.2) is 0 Å². The topological polar surface area (TPSA) is 99.1 Å². The lowest BCUT2D eigenvalue weighted by atomic mass is 9.90. The molecule has 2 amide bonds. The lowest BCUT2D eigenvalue weighted by molar-refractivity contribution is -0.141. The van der Waals surface area contributed by atoms with Crippen molar-refractivity contribution in [1.82, 2.24) is 10.2 Å². The van der Waals surface area contributed by atoms with Crippen molar-refractivity contribution < 1.29 is 24.5 Å². The number of carbonyl (C=O) groups excluding carboxylic acids is 1. The molecule has 21 heavy (non-hydrogen) atoms. The molecule has 0 aromatic carbocycles. The molecular weight excluding hydrogens is 276 g/mol. The molecule has 3 atom stereocenters. The van der Waals surface area contributed by atoms with E-state index in [0.717, 1.165) is 25.7 Å². The quantitative estimate of drug-likeness (QED) is 0.705. The Morgan fingerprint density at radius 3 is 2.81 bits per heavy atom. The Balaban J connectivity index is 1.88. The van der Waals surface area contributed by atoms with Gasteiger partial charge < -0.3 is 25.2 Å². The molecule has 1 saturated carbocycles. The lowest BCUT2D eigenvalue weighted by Crippen LogP contribution is -2.58. The van der Waals surface area contributed by atoms with Crippen molar-refractivity contribution in [1.29, 1.82) is 0 Å². The number of nitrogens with one attached hydrogen (secondary N) is 1. The Labute approximate surface area is 124 Å². The van der Waals surface area contributed by atoms with E-state index in [1.54, 1.807) is 4.90 Å². The van der Waals surface area contributed by atoms with Crippen LogP contribution in [0, 0.1) is 0 Å². The van der Waals surface area contributed by atoms with Crippen molar-refractivity contribution in [2.45, 2.75) is 56.8 Å². The monoisotopic (exact) mass is 300 g/mol. The minimum absolute atomic E-state index is 0.0765. The van der Waals surface area contributed by atoms with Crippen molar-refractivity contribution in [3.8, 4) is 0 Å². The Bertz CT molecular complexity index is 397. The van der Waals surface area contributed by atoms with Gasteiger partial charge in [-0.25, -0.2) is 4.79 Å². The van der Waals surface area contributed by atoms with Gasteiger partial charge in [-0.15, -0.1) is 0 Å². The third-order valence-electron chi connectivity index (χ3n) is 4.15. The van der Waals surface area contributed by atoms with Crippen molar-refractivity contribution in [2.75, 3.05) is 19.7 Å². The number of carbonyl (C=O) groups is 2. The number of hydrogen-bond donors (Lipinski definition) is 3. The first-order chi connectivity index (χ1) is 9.89. The molecule has 0 aromatic rings. The van der Waals surface area contributed by atoms with Gasteiger partial charge in [-0.2, -0.15) is 0 Å². The summed E-state index contributed by atoms with van der Waals surface area (Å²) >= 11 is 0. The number of carboxylic acids is 1. The first-order valence-electron chi connectivity index (χ1n) is 7.49. The Kier molecular flexibility index (Phi) is 5.05. The molecular formula is C14H24N2O5. The number of aliphatic hydroxyl groups is 1. The maximum absolute atomic E-state index is 12.3. The summed E-state index contributed by atoms with van der Waals surface area (Å²) in [5, 5.41) is 21.3. The van der Waals surface area contributed by atoms with Crippen LogP contribution in [-0.4, -0.2) is 64.6 Å². The third kappa shape index (κ3) is 4.31. The number of hydrogen-bond acceptors (Lipinski definition) is 4. The molecule has 7 nitrogen and oxygen atoms in total. The number of urea groups is 1. The summed E-state index contributed by atoms with van der Waals surface area (Å²) in [6.07, 6.45) is 3.84. The number of morpholine rings is 1. The summed E-state index contributed by atoms with van der Waals surface area (Å²) in [5.74, 6) is -1.09. The van der Waals surface area contributed by atoms with E-state index in [1.165, 1.54) is 6.92 Å². The van der Waals surface area contributed by atoms with Gasteiger partial charge >= 0.3 is 12.0 Å². The molecule has 2 aliphatic rings. The van der Waals surface area contributed by atoms with E-state index >= 15 is 0 Å². The van der Waals surface area contributed by atoms with Crippen LogP contribution in [-0.2, 0) is 9.53 Å². The number of ether oxygens (including phenoxy) is 1. The van der Waals surface area contributed by atoms with Crippen LogP contribution in [0.2, 0.25) is 0 Å². The average Bonchev–Trinajstić information content (AvgIpc) is 2.43. The Morgan fingerprint density at radius 2 is 2.10 bits per heavy atom. The summed E-state index contributed by atoms with van der Waals surface area (Å²) in [4.78, 5) is 24.7. The van der Waals surface area contributed by atoms with E-state index in [2.05, 4.69) is 5.32 Å². The van der Waals surface area contributed by atoms with Crippen LogP contribution in [0.3, 0.4) is 0 Å². The fourth-order valence-electron chi connectivity index (χ4n) is 3.10. The highest BCUT2D eigenvalue weighted by atomic mass is 16.5. The molecule has 120 valence electrons. The van der Waals surface area contributed by atoms with E-state index in [0.29, 0.717) is 13.2 Å². The van der Waals surface area contributed by atoms with E-state index in [-0.39, 0.29) is 24.7 Å². The predicted octanol–water partition coefficient (Wildman–Crippen LogP) is 0.565. The van der Waals surface area contributed by atoms with Crippen molar-refractivity contribution in [3.05, 3.63) is 0 Å². The van der Waals surface area contributed by atoms with Crippen molar-refractivity contribution in [3.63, 3.8) is 0 Å². The van der Waals surface area contributed by atoms with Crippen LogP contribution in [0.1, 0.15) is 39.0 Å². The molecule has 0 aromatic heterocycles. The number of amides is 2. The second-order valence-electron chi connectivity index (χ2n) is 6.18. The molecule has 1 aliphatic carbocycles. The molecule has 1 aliphatic heterocycles. The van der Waals surface area contributed by atoms with Gasteiger partial charge in [0.1, 0.15) is 0 Å². The van der Waals surface area contributed by atoms with Gasteiger partial charge in [0.05, 0.1) is 30.8 Å². The molecule has 7 heteroatoms. The van der Waals surface area contributed by atoms with E-state index in [1.807, 2.05) is 0 Å². The summed E-state index contributed by atoms with van der Waals surface area (Å²) < 4.78 is 5.71. The summed E-state index contributed by atoms with van der Waals surface area (Å²) in [6, 6.07) is -0.155. The van der Waals surface area contributed by atoms with Gasteiger partial charge in [0.25, 0.3) is 0 Å². The number of fused-ring (bicyclic) bond motifs is 1. The van der Waals surface area contributed by atoms with Crippen molar-refractivity contribution >= 4 is 12.0 Å². The van der Waals surface area contributed by atoms with Gasteiger partial charge in [-0.1, -0.05) is 12.8 Å². The Hall–Kier alpha value is -1.34. The zero-order valence-corrected chi connectivity index (χ0v) is 12.4. The predicted molar refractivity (Wildman–Crippen MR) is 75.0 cm³/mol.